The van der Waals surface area contributed by atoms with Crippen LogP contribution in [0.5, 0.6) is 34.5 Å². The second-order valence-corrected chi connectivity index (χ2v) is 6.21. The van der Waals surface area contributed by atoms with Crippen LogP contribution in [0.25, 0.3) is 0 Å². The summed E-state index contributed by atoms with van der Waals surface area (Å²) in [6, 6.07) is 7.25. The summed E-state index contributed by atoms with van der Waals surface area (Å²) in [7, 11) is 6.04. The van der Waals surface area contributed by atoms with Crippen molar-refractivity contribution in [2.45, 2.75) is 19.8 Å². The van der Waals surface area contributed by atoms with E-state index < -0.39 is 0 Å². The predicted molar refractivity (Wildman–Crippen MR) is 99.0 cm³/mol. The topological polar surface area (TPSA) is 77.4 Å². The van der Waals surface area contributed by atoms with Crippen molar-refractivity contribution < 1.29 is 29.2 Å². The van der Waals surface area contributed by atoms with Gasteiger partial charge in [0.1, 0.15) is 0 Å². The van der Waals surface area contributed by atoms with E-state index in [-0.39, 0.29) is 17.4 Å². The van der Waals surface area contributed by atoms with Gasteiger partial charge in [-0.1, -0.05) is 6.92 Å². The monoisotopic (exact) mass is 362 g/mol. The Bertz CT molecular complexity index is 642. The number of rotatable bonds is 8. The molecule has 2 aromatic carbocycles. The first-order valence-corrected chi connectivity index (χ1v) is 8.31. The first-order chi connectivity index (χ1) is 12.4. The maximum atomic E-state index is 10.0. The minimum absolute atomic E-state index is 0.000546. The van der Waals surface area contributed by atoms with Crippen molar-refractivity contribution >= 4 is 0 Å². The molecule has 0 aliphatic heterocycles. The fraction of sp³-hybridized carbons (Fsp3) is 0.400. The van der Waals surface area contributed by atoms with E-state index in [0.29, 0.717) is 23.0 Å². The van der Waals surface area contributed by atoms with Crippen molar-refractivity contribution in [3.05, 3.63) is 35.4 Å². The van der Waals surface area contributed by atoms with Gasteiger partial charge in [-0.3, -0.25) is 0 Å². The van der Waals surface area contributed by atoms with Crippen LogP contribution in [0.1, 0.15) is 18.1 Å². The lowest BCUT2D eigenvalue weighted by atomic mass is 9.93. The predicted octanol–water partition coefficient (Wildman–Crippen LogP) is 3.55. The average molecular weight is 362 g/mol. The normalized spacial score (nSPS) is 10.7. The van der Waals surface area contributed by atoms with Gasteiger partial charge >= 0.3 is 0 Å². The molecule has 6 heteroatoms. The molecule has 26 heavy (non-hydrogen) atoms. The van der Waals surface area contributed by atoms with Crippen LogP contribution in [0.2, 0.25) is 0 Å². The molecule has 2 aromatic rings. The van der Waals surface area contributed by atoms with Gasteiger partial charge in [0.15, 0.2) is 23.0 Å². The van der Waals surface area contributed by atoms with E-state index >= 15 is 0 Å². The number of phenols is 2. The van der Waals surface area contributed by atoms with E-state index in [1.54, 1.807) is 0 Å². The number of aromatic hydroxyl groups is 2. The summed E-state index contributed by atoms with van der Waals surface area (Å²) in [5, 5.41) is 20.0. The summed E-state index contributed by atoms with van der Waals surface area (Å²) in [5.41, 5.74) is 2.00. The molecule has 0 bridgehead atoms. The van der Waals surface area contributed by atoms with Gasteiger partial charge in [-0.05, 0) is 54.2 Å². The molecule has 0 aromatic heterocycles. The summed E-state index contributed by atoms with van der Waals surface area (Å²) in [6.07, 6.45) is 1.52. The van der Waals surface area contributed by atoms with Gasteiger partial charge < -0.3 is 29.2 Å². The number of ether oxygens (including phenoxy) is 4. The Hall–Kier alpha value is -2.76. The van der Waals surface area contributed by atoms with Crippen molar-refractivity contribution in [1.82, 2.24) is 0 Å². The molecule has 0 heterocycles. The Labute approximate surface area is 153 Å². The van der Waals surface area contributed by atoms with E-state index in [4.69, 9.17) is 18.9 Å². The molecule has 0 unspecified atom stereocenters. The van der Waals surface area contributed by atoms with E-state index in [0.717, 1.165) is 24.0 Å². The lowest BCUT2D eigenvalue weighted by molar-refractivity contribution is 0.338. The quantitative estimate of drug-likeness (QED) is 0.748. The van der Waals surface area contributed by atoms with Gasteiger partial charge in [0.2, 0.25) is 11.5 Å². The summed E-state index contributed by atoms with van der Waals surface area (Å²) in [4.78, 5) is 0. The molecule has 2 N–H and O–H groups in total. The second-order valence-electron chi connectivity index (χ2n) is 6.21. The first-order valence-electron chi connectivity index (χ1n) is 8.31. The van der Waals surface area contributed by atoms with Crippen molar-refractivity contribution in [3.63, 3.8) is 0 Å². The lowest BCUT2D eigenvalue weighted by Gasteiger charge is -2.16. The highest BCUT2D eigenvalue weighted by molar-refractivity contribution is 5.54. The van der Waals surface area contributed by atoms with Gasteiger partial charge in [-0.15, -0.1) is 0 Å². The Morgan fingerprint density at radius 2 is 0.923 bits per heavy atom. The highest BCUT2D eigenvalue weighted by Gasteiger charge is 2.16. The maximum Gasteiger partial charge on any atom is 0.200 e. The van der Waals surface area contributed by atoms with Crippen LogP contribution < -0.4 is 18.9 Å². The molecule has 2 rings (SSSR count). The molecular weight excluding hydrogens is 336 g/mol. The Kier molecular flexibility index (Phi) is 6.44. The van der Waals surface area contributed by atoms with Crippen LogP contribution in [0.4, 0.5) is 0 Å². The van der Waals surface area contributed by atoms with Crippen LogP contribution in [-0.2, 0) is 12.8 Å². The first kappa shape index (κ1) is 19.6. The van der Waals surface area contributed by atoms with Gasteiger partial charge in [0, 0.05) is 0 Å². The third-order valence-corrected chi connectivity index (χ3v) is 4.25. The molecule has 0 fully saturated rings. The van der Waals surface area contributed by atoms with Crippen LogP contribution >= 0.6 is 0 Å². The largest absolute Gasteiger partial charge is 0.502 e. The molecule has 0 aliphatic rings. The van der Waals surface area contributed by atoms with Crippen LogP contribution in [-0.4, -0.2) is 38.7 Å². The van der Waals surface area contributed by atoms with Gasteiger partial charge in [-0.2, -0.15) is 0 Å². The van der Waals surface area contributed by atoms with Gasteiger partial charge in [0.25, 0.3) is 0 Å². The zero-order chi connectivity index (χ0) is 19.3. The number of phenolic OH excluding ortho intramolecular Hbond substituents is 2. The molecule has 0 aliphatic carbocycles. The van der Waals surface area contributed by atoms with E-state index in [1.807, 2.05) is 24.3 Å². The van der Waals surface area contributed by atoms with Gasteiger partial charge in [0.05, 0.1) is 28.4 Å². The van der Waals surface area contributed by atoms with Crippen LogP contribution in [0.3, 0.4) is 0 Å². The molecule has 0 amide bonds. The minimum Gasteiger partial charge on any atom is -0.502 e. The van der Waals surface area contributed by atoms with Crippen molar-refractivity contribution in [2.24, 2.45) is 5.92 Å². The standard InChI is InChI=1S/C20H26O6/c1-12(6-13-8-15(23-2)19(21)16(9-13)24-3)7-14-10-17(25-4)20(22)18(11-14)26-5/h8-12,21-22H,6-7H2,1-5H3. The maximum absolute atomic E-state index is 10.0. The molecular formula is C20H26O6. The zero-order valence-corrected chi connectivity index (χ0v) is 15.8. The second kappa shape index (κ2) is 8.56. The smallest absolute Gasteiger partial charge is 0.200 e. The van der Waals surface area contributed by atoms with E-state index in [1.165, 1.54) is 28.4 Å². The fourth-order valence-electron chi connectivity index (χ4n) is 3.01. The lowest BCUT2D eigenvalue weighted by Crippen LogP contribution is -2.05. The average Bonchev–Trinajstić information content (AvgIpc) is 2.63. The number of hydrogen-bond acceptors (Lipinski definition) is 6. The van der Waals surface area contributed by atoms with Crippen molar-refractivity contribution in [3.8, 4) is 34.5 Å². The number of benzene rings is 2. The molecule has 0 saturated carbocycles. The molecule has 0 saturated heterocycles. The molecule has 142 valence electrons. The van der Waals surface area contributed by atoms with E-state index in [9.17, 15) is 10.2 Å². The molecule has 6 nitrogen and oxygen atoms in total. The number of hydrogen-bond donors (Lipinski definition) is 2. The summed E-state index contributed by atoms with van der Waals surface area (Å²) < 4.78 is 20.8. The summed E-state index contributed by atoms with van der Waals surface area (Å²) >= 11 is 0. The molecule has 0 spiro atoms. The minimum atomic E-state index is -0.000546. The number of methoxy groups -OCH3 is 4. The molecule has 0 atom stereocenters. The highest BCUT2D eigenvalue weighted by atomic mass is 16.5. The Morgan fingerprint density at radius 1 is 0.654 bits per heavy atom. The van der Waals surface area contributed by atoms with Crippen LogP contribution in [0.15, 0.2) is 24.3 Å². The summed E-state index contributed by atoms with van der Waals surface area (Å²) in [6.45, 7) is 2.12. The fourth-order valence-corrected chi connectivity index (χ4v) is 3.01. The summed E-state index contributed by atoms with van der Waals surface area (Å²) in [5.74, 6) is 1.84. The molecule has 0 radical (unpaired) electrons. The third-order valence-electron chi connectivity index (χ3n) is 4.25. The zero-order valence-electron chi connectivity index (χ0n) is 15.8. The van der Waals surface area contributed by atoms with Crippen molar-refractivity contribution in [1.29, 1.82) is 0 Å². The Morgan fingerprint density at radius 3 is 1.15 bits per heavy atom. The van der Waals surface area contributed by atoms with Crippen LogP contribution in [0, 0.1) is 5.92 Å². The Balaban J connectivity index is 2.20. The van der Waals surface area contributed by atoms with Crippen molar-refractivity contribution in [2.75, 3.05) is 28.4 Å². The SMILES string of the molecule is COc1cc(CC(C)Cc2cc(OC)c(O)c(OC)c2)cc(OC)c1O. The highest BCUT2D eigenvalue weighted by Crippen LogP contribution is 2.39. The van der Waals surface area contributed by atoms with E-state index in [2.05, 4.69) is 6.92 Å². The van der Waals surface area contributed by atoms with Gasteiger partial charge in [-0.25, -0.2) is 0 Å². The third kappa shape index (κ3) is 4.25.